The summed E-state index contributed by atoms with van der Waals surface area (Å²) in [6.45, 7) is 3.71. The van der Waals surface area contributed by atoms with Gasteiger partial charge in [0.1, 0.15) is 11.6 Å². The number of rotatable bonds is 7. The number of ketones is 1. The van der Waals surface area contributed by atoms with Crippen molar-refractivity contribution in [3.8, 4) is 0 Å². The lowest BCUT2D eigenvalue weighted by atomic mass is 10.1. The molecule has 0 radical (unpaired) electrons. The first kappa shape index (κ1) is 18.7. The van der Waals surface area contributed by atoms with E-state index in [2.05, 4.69) is 15.3 Å². The lowest BCUT2D eigenvalue weighted by molar-refractivity contribution is -0.116. The number of carbonyl (C=O) groups excluding carboxylic acids is 2. The Bertz CT molecular complexity index is 744. The predicted molar refractivity (Wildman–Crippen MR) is 100 cm³/mol. The van der Waals surface area contributed by atoms with Crippen LogP contribution in [0.2, 0.25) is 0 Å². The highest BCUT2D eigenvalue weighted by Crippen LogP contribution is 2.24. The van der Waals surface area contributed by atoms with Crippen LogP contribution in [0, 0.1) is 0 Å². The van der Waals surface area contributed by atoms with Crippen LogP contribution in [-0.2, 0) is 4.79 Å². The second-order valence-electron chi connectivity index (χ2n) is 5.50. The minimum atomic E-state index is -0.401. The summed E-state index contributed by atoms with van der Waals surface area (Å²) in [5.41, 5.74) is 12.5. The number of nitrogens with one attached hydrogen (secondary N) is 1. The second kappa shape index (κ2) is 8.48. The van der Waals surface area contributed by atoms with Crippen molar-refractivity contribution in [1.82, 2.24) is 9.97 Å². The summed E-state index contributed by atoms with van der Waals surface area (Å²) >= 11 is 1.19. The number of aromatic nitrogens is 2. The Morgan fingerprint density at radius 3 is 2.32 bits per heavy atom. The first-order chi connectivity index (χ1) is 11.9. The molecule has 5 N–H and O–H groups in total. The topological polar surface area (TPSA) is 124 Å². The quantitative estimate of drug-likeness (QED) is 0.394. The van der Waals surface area contributed by atoms with Crippen LogP contribution in [-0.4, -0.2) is 26.9 Å². The summed E-state index contributed by atoms with van der Waals surface area (Å²) in [6.07, 6.45) is 1.26. The third-order valence-corrected chi connectivity index (χ3v) is 4.29. The average Bonchev–Trinajstić information content (AvgIpc) is 2.54. The van der Waals surface area contributed by atoms with Crippen molar-refractivity contribution in [2.45, 2.75) is 37.1 Å². The zero-order valence-electron chi connectivity index (χ0n) is 14.2. The van der Waals surface area contributed by atoms with Crippen molar-refractivity contribution < 1.29 is 9.59 Å². The van der Waals surface area contributed by atoms with Gasteiger partial charge in [-0.15, -0.1) is 0 Å². The molecule has 25 heavy (non-hydrogen) atoms. The third kappa shape index (κ3) is 5.46. The van der Waals surface area contributed by atoms with E-state index in [1.54, 1.807) is 31.2 Å². The molecule has 8 heteroatoms. The van der Waals surface area contributed by atoms with Gasteiger partial charge in [-0.1, -0.05) is 18.7 Å². The molecule has 1 atom stereocenters. The normalized spacial score (nSPS) is 11.8. The first-order valence-electron chi connectivity index (χ1n) is 7.90. The molecule has 0 aliphatic rings. The zero-order chi connectivity index (χ0) is 18.4. The van der Waals surface area contributed by atoms with Gasteiger partial charge in [0.2, 0.25) is 5.91 Å². The Morgan fingerprint density at radius 2 is 1.76 bits per heavy atom. The lowest BCUT2D eigenvalue weighted by Crippen LogP contribution is -2.15. The van der Waals surface area contributed by atoms with Crippen LogP contribution >= 0.6 is 11.8 Å². The molecule has 0 saturated heterocycles. The van der Waals surface area contributed by atoms with E-state index in [1.165, 1.54) is 17.8 Å². The molecule has 0 fully saturated rings. The maximum atomic E-state index is 12.5. The van der Waals surface area contributed by atoms with Crippen molar-refractivity contribution >= 4 is 40.8 Å². The van der Waals surface area contributed by atoms with Crippen molar-refractivity contribution in [3.63, 3.8) is 0 Å². The highest BCUT2D eigenvalue weighted by Gasteiger charge is 2.18. The van der Waals surface area contributed by atoms with E-state index >= 15 is 0 Å². The van der Waals surface area contributed by atoms with Gasteiger partial charge in [0, 0.05) is 23.7 Å². The molecule has 0 spiro atoms. The second-order valence-corrected chi connectivity index (χ2v) is 6.81. The summed E-state index contributed by atoms with van der Waals surface area (Å²) < 4.78 is 0. The number of anilines is 3. The Labute approximate surface area is 150 Å². The molecule has 7 nitrogen and oxygen atoms in total. The van der Waals surface area contributed by atoms with E-state index in [4.69, 9.17) is 11.5 Å². The van der Waals surface area contributed by atoms with Crippen molar-refractivity contribution in [2.75, 3.05) is 16.8 Å². The Hall–Kier alpha value is -2.61. The maximum absolute atomic E-state index is 12.5. The van der Waals surface area contributed by atoms with Gasteiger partial charge in [0.15, 0.2) is 10.9 Å². The summed E-state index contributed by atoms with van der Waals surface area (Å²) in [5.74, 6) is 0.423. The number of nitrogens with two attached hydrogens (primary N) is 2. The van der Waals surface area contributed by atoms with E-state index in [-0.39, 0.29) is 23.3 Å². The number of nitrogen functional groups attached to an aromatic ring is 2. The van der Waals surface area contributed by atoms with Crippen LogP contribution in [0.1, 0.15) is 37.0 Å². The van der Waals surface area contributed by atoms with Crippen LogP contribution in [0.4, 0.5) is 17.3 Å². The number of Topliss-reactive ketones (excluding diaryl/α,β-unsaturated/α-hetero) is 1. The van der Waals surface area contributed by atoms with Gasteiger partial charge in [-0.3, -0.25) is 9.59 Å². The van der Waals surface area contributed by atoms with Crippen LogP contribution in [0.5, 0.6) is 0 Å². The van der Waals surface area contributed by atoms with E-state index in [1.807, 2.05) is 6.92 Å². The fraction of sp³-hybridized carbons (Fsp3) is 0.294. The number of hydrogen-bond acceptors (Lipinski definition) is 7. The predicted octanol–water partition coefficient (Wildman–Crippen LogP) is 2.74. The molecule has 0 saturated carbocycles. The summed E-state index contributed by atoms with van der Waals surface area (Å²) in [7, 11) is 0. The minimum absolute atomic E-state index is 0.0399. The van der Waals surface area contributed by atoms with Gasteiger partial charge in [-0.05, 0) is 37.6 Å². The SMILES string of the molecule is CCCC(=O)Nc1ccc(C(=O)[C@@H](C)Sc2nc(N)cc(N)n2)cc1. The fourth-order valence-electron chi connectivity index (χ4n) is 2.13. The number of carbonyl (C=O) groups is 2. The zero-order valence-corrected chi connectivity index (χ0v) is 15.0. The largest absolute Gasteiger partial charge is 0.383 e. The Morgan fingerprint density at radius 1 is 1.16 bits per heavy atom. The Kier molecular flexibility index (Phi) is 6.35. The molecule has 2 aromatic rings. The molecular formula is C17H21N5O2S. The van der Waals surface area contributed by atoms with Crippen LogP contribution < -0.4 is 16.8 Å². The third-order valence-electron chi connectivity index (χ3n) is 3.33. The molecule has 1 amide bonds. The van der Waals surface area contributed by atoms with Crippen molar-refractivity contribution in [1.29, 1.82) is 0 Å². The van der Waals surface area contributed by atoms with E-state index in [0.717, 1.165) is 6.42 Å². The Balaban J connectivity index is 2.02. The molecular weight excluding hydrogens is 338 g/mol. The summed E-state index contributed by atoms with van der Waals surface area (Å²) in [4.78, 5) is 32.2. The molecule has 1 aromatic heterocycles. The molecule has 1 heterocycles. The fourth-order valence-corrected chi connectivity index (χ4v) is 3.00. The molecule has 0 unspecified atom stereocenters. The summed E-state index contributed by atoms with van der Waals surface area (Å²) in [5, 5.41) is 2.75. The van der Waals surface area contributed by atoms with Gasteiger partial charge in [0.25, 0.3) is 0 Å². The van der Waals surface area contributed by atoms with Crippen LogP contribution in [0.15, 0.2) is 35.5 Å². The van der Waals surface area contributed by atoms with E-state index < -0.39 is 5.25 Å². The van der Waals surface area contributed by atoms with Gasteiger partial charge in [-0.2, -0.15) is 0 Å². The van der Waals surface area contributed by atoms with Crippen molar-refractivity contribution in [3.05, 3.63) is 35.9 Å². The molecule has 1 aromatic carbocycles. The minimum Gasteiger partial charge on any atom is -0.383 e. The van der Waals surface area contributed by atoms with Gasteiger partial charge in [-0.25, -0.2) is 9.97 Å². The van der Waals surface area contributed by atoms with E-state index in [9.17, 15) is 9.59 Å². The number of nitrogens with zero attached hydrogens (tertiary/aromatic N) is 2. The lowest BCUT2D eigenvalue weighted by Gasteiger charge is -2.11. The number of thioether (sulfide) groups is 1. The molecule has 0 bridgehead atoms. The van der Waals surface area contributed by atoms with Crippen LogP contribution in [0.25, 0.3) is 0 Å². The number of amides is 1. The van der Waals surface area contributed by atoms with Crippen LogP contribution in [0.3, 0.4) is 0 Å². The highest BCUT2D eigenvalue weighted by molar-refractivity contribution is 8.00. The number of benzene rings is 1. The van der Waals surface area contributed by atoms with Gasteiger partial charge in [0.05, 0.1) is 5.25 Å². The molecule has 0 aliphatic heterocycles. The molecule has 132 valence electrons. The molecule has 2 rings (SSSR count). The van der Waals surface area contributed by atoms with E-state index in [0.29, 0.717) is 22.8 Å². The summed E-state index contributed by atoms with van der Waals surface area (Å²) in [6, 6.07) is 8.27. The molecule has 0 aliphatic carbocycles. The first-order valence-corrected chi connectivity index (χ1v) is 8.77. The highest BCUT2D eigenvalue weighted by atomic mass is 32.2. The smallest absolute Gasteiger partial charge is 0.224 e. The average molecular weight is 359 g/mol. The van der Waals surface area contributed by atoms with Gasteiger partial charge < -0.3 is 16.8 Å². The number of hydrogen-bond donors (Lipinski definition) is 3. The van der Waals surface area contributed by atoms with Gasteiger partial charge >= 0.3 is 0 Å². The standard InChI is InChI=1S/C17H21N5O2S/c1-3-4-15(23)20-12-7-5-11(6-8-12)16(24)10(2)25-17-21-13(18)9-14(19)22-17/h5-10H,3-4H2,1-2H3,(H,20,23)(H4,18,19,21,22)/t10-/m1/s1. The maximum Gasteiger partial charge on any atom is 0.224 e. The van der Waals surface area contributed by atoms with Crippen molar-refractivity contribution in [2.24, 2.45) is 0 Å². The monoisotopic (exact) mass is 359 g/mol.